The highest BCUT2D eigenvalue weighted by Gasteiger charge is 2.32. The van der Waals surface area contributed by atoms with Crippen molar-refractivity contribution < 1.29 is 14.7 Å². The van der Waals surface area contributed by atoms with Crippen LogP contribution < -0.4 is 0 Å². The minimum absolute atomic E-state index is 0.0574. The van der Waals surface area contributed by atoms with Gasteiger partial charge in [-0.3, -0.25) is 14.5 Å². The van der Waals surface area contributed by atoms with Gasteiger partial charge in [-0.05, 0) is 26.7 Å². The predicted molar refractivity (Wildman–Crippen MR) is 79.7 cm³/mol. The third-order valence-corrected chi connectivity index (χ3v) is 4.39. The molecule has 2 aliphatic heterocycles. The Kier molecular flexibility index (Phi) is 5.58. The SMILES string of the molecule is C[C@H](O)CN1CCN(C(=O)[C@H](C)N2CCCCC2=O)CC1. The lowest BCUT2D eigenvalue weighted by Crippen LogP contribution is -2.56. The molecule has 0 saturated carbocycles. The molecule has 0 bridgehead atoms. The maximum absolute atomic E-state index is 12.5. The topological polar surface area (TPSA) is 64.1 Å². The van der Waals surface area contributed by atoms with E-state index in [1.54, 1.807) is 11.8 Å². The molecular weight excluding hydrogens is 270 g/mol. The highest BCUT2D eigenvalue weighted by atomic mass is 16.3. The van der Waals surface area contributed by atoms with Crippen molar-refractivity contribution in [2.24, 2.45) is 0 Å². The van der Waals surface area contributed by atoms with Crippen LogP contribution in [-0.2, 0) is 9.59 Å². The van der Waals surface area contributed by atoms with E-state index in [0.717, 1.165) is 25.9 Å². The lowest BCUT2D eigenvalue weighted by atomic mass is 10.1. The molecule has 2 rings (SSSR count). The number of piperidine rings is 1. The van der Waals surface area contributed by atoms with Crippen LogP contribution in [0.5, 0.6) is 0 Å². The first-order valence-electron chi connectivity index (χ1n) is 7.97. The van der Waals surface area contributed by atoms with Crippen molar-refractivity contribution in [1.29, 1.82) is 0 Å². The Labute approximate surface area is 126 Å². The van der Waals surface area contributed by atoms with Gasteiger partial charge < -0.3 is 14.9 Å². The van der Waals surface area contributed by atoms with Crippen LogP contribution in [0.1, 0.15) is 33.1 Å². The Bertz CT molecular complexity index is 378. The van der Waals surface area contributed by atoms with Gasteiger partial charge in [-0.1, -0.05) is 0 Å². The van der Waals surface area contributed by atoms with Gasteiger partial charge in [0.25, 0.3) is 0 Å². The van der Waals surface area contributed by atoms with Gasteiger partial charge in [0.05, 0.1) is 6.10 Å². The quantitative estimate of drug-likeness (QED) is 0.788. The van der Waals surface area contributed by atoms with Crippen molar-refractivity contribution in [3.05, 3.63) is 0 Å². The maximum Gasteiger partial charge on any atom is 0.245 e. The number of hydrogen-bond acceptors (Lipinski definition) is 4. The van der Waals surface area contributed by atoms with E-state index in [1.807, 2.05) is 11.8 Å². The van der Waals surface area contributed by atoms with E-state index in [1.165, 1.54) is 0 Å². The molecule has 0 unspecified atom stereocenters. The molecule has 0 aromatic heterocycles. The standard InChI is InChI=1S/C15H27N3O3/c1-12(19)11-16-7-9-17(10-8-16)15(21)13(2)18-6-4-3-5-14(18)20/h12-13,19H,3-11H2,1-2H3/t12-,13-/m0/s1. The van der Waals surface area contributed by atoms with E-state index in [2.05, 4.69) is 4.90 Å². The van der Waals surface area contributed by atoms with Gasteiger partial charge in [-0.2, -0.15) is 0 Å². The van der Waals surface area contributed by atoms with Crippen molar-refractivity contribution in [3.8, 4) is 0 Å². The first kappa shape index (κ1) is 16.2. The number of carbonyl (C=O) groups excluding carboxylic acids is 2. The minimum atomic E-state index is -0.346. The van der Waals surface area contributed by atoms with Crippen molar-refractivity contribution in [2.75, 3.05) is 39.3 Å². The Morgan fingerprint density at radius 3 is 2.38 bits per heavy atom. The first-order valence-corrected chi connectivity index (χ1v) is 7.97. The second-order valence-electron chi connectivity index (χ2n) is 6.20. The van der Waals surface area contributed by atoms with Crippen LogP contribution in [0.2, 0.25) is 0 Å². The molecule has 0 radical (unpaired) electrons. The summed E-state index contributed by atoms with van der Waals surface area (Å²) in [5.74, 6) is 0.164. The van der Waals surface area contributed by atoms with Gasteiger partial charge in [0.2, 0.25) is 11.8 Å². The number of hydrogen-bond donors (Lipinski definition) is 1. The fourth-order valence-electron chi connectivity index (χ4n) is 3.16. The van der Waals surface area contributed by atoms with E-state index in [0.29, 0.717) is 32.6 Å². The molecule has 2 saturated heterocycles. The largest absolute Gasteiger partial charge is 0.392 e. The molecule has 1 N–H and O–H groups in total. The molecule has 0 aromatic carbocycles. The van der Waals surface area contributed by atoms with Gasteiger partial charge in [-0.15, -0.1) is 0 Å². The summed E-state index contributed by atoms with van der Waals surface area (Å²) in [4.78, 5) is 30.2. The lowest BCUT2D eigenvalue weighted by Gasteiger charge is -2.39. The Hall–Kier alpha value is -1.14. The monoisotopic (exact) mass is 297 g/mol. The second-order valence-corrected chi connectivity index (χ2v) is 6.20. The number of amides is 2. The van der Waals surface area contributed by atoms with Crippen LogP contribution in [0.4, 0.5) is 0 Å². The number of likely N-dealkylation sites (tertiary alicyclic amines) is 1. The molecule has 6 heteroatoms. The van der Waals surface area contributed by atoms with Crippen LogP contribution in [0.25, 0.3) is 0 Å². The smallest absolute Gasteiger partial charge is 0.245 e. The van der Waals surface area contributed by atoms with Crippen LogP contribution in [0.15, 0.2) is 0 Å². The summed E-state index contributed by atoms with van der Waals surface area (Å²) in [5, 5.41) is 9.40. The molecule has 2 heterocycles. The number of carbonyl (C=O) groups is 2. The molecule has 21 heavy (non-hydrogen) atoms. The van der Waals surface area contributed by atoms with E-state index >= 15 is 0 Å². The number of piperazine rings is 1. The average molecular weight is 297 g/mol. The lowest BCUT2D eigenvalue weighted by molar-refractivity contribution is -0.147. The van der Waals surface area contributed by atoms with Crippen LogP contribution in [0.3, 0.4) is 0 Å². The fourth-order valence-corrected chi connectivity index (χ4v) is 3.16. The molecule has 2 aliphatic rings. The molecule has 0 aliphatic carbocycles. The summed E-state index contributed by atoms with van der Waals surface area (Å²) in [7, 11) is 0. The number of aliphatic hydroxyl groups excluding tert-OH is 1. The van der Waals surface area contributed by atoms with E-state index in [4.69, 9.17) is 0 Å². The molecule has 2 fully saturated rings. The van der Waals surface area contributed by atoms with E-state index in [-0.39, 0.29) is 24.0 Å². The Balaban J connectivity index is 1.85. The number of aliphatic hydroxyl groups is 1. The minimum Gasteiger partial charge on any atom is -0.392 e. The number of rotatable bonds is 4. The average Bonchev–Trinajstić information content (AvgIpc) is 2.46. The molecule has 120 valence electrons. The van der Waals surface area contributed by atoms with Gasteiger partial charge in [0.15, 0.2) is 0 Å². The molecule has 2 atom stereocenters. The molecular formula is C15H27N3O3. The molecule has 0 spiro atoms. The zero-order chi connectivity index (χ0) is 15.4. The zero-order valence-electron chi connectivity index (χ0n) is 13.1. The highest BCUT2D eigenvalue weighted by molar-refractivity contribution is 5.87. The summed E-state index contributed by atoms with van der Waals surface area (Å²) < 4.78 is 0. The van der Waals surface area contributed by atoms with E-state index < -0.39 is 0 Å². The van der Waals surface area contributed by atoms with Crippen molar-refractivity contribution in [1.82, 2.24) is 14.7 Å². The third-order valence-electron chi connectivity index (χ3n) is 4.39. The molecule has 2 amide bonds. The van der Waals surface area contributed by atoms with Crippen LogP contribution >= 0.6 is 0 Å². The number of β-amino-alcohol motifs (C(OH)–C–C–N with tert-alkyl or cyclic N) is 1. The van der Waals surface area contributed by atoms with Crippen molar-refractivity contribution in [2.45, 2.75) is 45.3 Å². The van der Waals surface area contributed by atoms with Gasteiger partial charge in [0, 0.05) is 45.7 Å². The van der Waals surface area contributed by atoms with Gasteiger partial charge in [0.1, 0.15) is 6.04 Å². The summed E-state index contributed by atoms with van der Waals surface area (Å²) >= 11 is 0. The Morgan fingerprint density at radius 1 is 1.14 bits per heavy atom. The second kappa shape index (κ2) is 7.22. The normalized spacial score (nSPS) is 24.0. The predicted octanol–water partition coefficient (Wildman–Crippen LogP) is -0.0876. The molecule has 6 nitrogen and oxygen atoms in total. The zero-order valence-corrected chi connectivity index (χ0v) is 13.1. The summed E-state index contributed by atoms with van der Waals surface area (Å²) in [6.07, 6.45) is 2.16. The fraction of sp³-hybridized carbons (Fsp3) is 0.867. The van der Waals surface area contributed by atoms with Gasteiger partial charge >= 0.3 is 0 Å². The summed E-state index contributed by atoms with van der Waals surface area (Å²) in [6.45, 7) is 7.91. The van der Waals surface area contributed by atoms with Crippen LogP contribution in [0, 0.1) is 0 Å². The van der Waals surface area contributed by atoms with Crippen LogP contribution in [-0.4, -0.2) is 83.0 Å². The van der Waals surface area contributed by atoms with Gasteiger partial charge in [-0.25, -0.2) is 0 Å². The number of nitrogens with zero attached hydrogens (tertiary/aromatic N) is 3. The summed E-state index contributed by atoms with van der Waals surface area (Å²) in [5.41, 5.74) is 0. The first-order chi connectivity index (χ1) is 9.99. The Morgan fingerprint density at radius 2 is 1.81 bits per heavy atom. The maximum atomic E-state index is 12.5. The highest BCUT2D eigenvalue weighted by Crippen LogP contribution is 2.16. The molecule has 0 aromatic rings. The third kappa shape index (κ3) is 4.17. The summed E-state index contributed by atoms with van der Waals surface area (Å²) in [6, 6.07) is -0.346. The van der Waals surface area contributed by atoms with Crippen molar-refractivity contribution in [3.63, 3.8) is 0 Å². The van der Waals surface area contributed by atoms with Crippen molar-refractivity contribution >= 4 is 11.8 Å². The van der Waals surface area contributed by atoms with E-state index in [9.17, 15) is 14.7 Å².